The second-order valence-corrected chi connectivity index (χ2v) is 11.6. The molecular weight excluding hydrogens is 505 g/mol. The molecule has 7 nitrogen and oxygen atoms in total. The molecule has 2 saturated carbocycles. The van der Waals surface area contributed by atoms with Crippen LogP contribution < -0.4 is 5.73 Å². The summed E-state index contributed by atoms with van der Waals surface area (Å²) in [4.78, 5) is 28.8. The van der Waals surface area contributed by atoms with Crippen molar-refractivity contribution >= 4 is 16.9 Å². The molecule has 1 amide bonds. The van der Waals surface area contributed by atoms with Gasteiger partial charge in [-0.1, -0.05) is 6.07 Å². The van der Waals surface area contributed by atoms with Gasteiger partial charge < -0.3 is 15.2 Å². The van der Waals surface area contributed by atoms with Crippen molar-refractivity contribution in [2.75, 3.05) is 7.05 Å². The Morgan fingerprint density at radius 1 is 1.00 bits per heavy atom. The van der Waals surface area contributed by atoms with Crippen molar-refractivity contribution < 1.29 is 18.0 Å². The summed E-state index contributed by atoms with van der Waals surface area (Å²) in [6.07, 6.45) is 4.79. The predicted molar refractivity (Wildman–Crippen MR) is 137 cm³/mol. The molecule has 4 aliphatic rings. The molecule has 10 heteroatoms. The largest absolute Gasteiger partial charge is 0.331 e. The van der Waals surface area contributed by atoms with Crippen LogP contribution in [0.15, 0.2) is 42.7 Å². The highest BCUT2D eigenvalue weighted by Gasteiger charge is 2.57. The Hall–Kier alpha value is -3.79. The maximum atomic E-state index is 15.2. The number of nitrogens with two attached hydrogens (primary N) is 1. The van der Waals surface area contributed by atoms with Crippen LogP contribution in [0, 0.1) is 5.82 Å². The molecule has 4 aromatic rings. The highest BCUT2D eigenvalue weighted by molar-refractivity contribution is 5.97. The van der Waals surface area contributed by atoms with Crippen LogP contribution in [0.1, 0.15) is 83.2 Å². The van der Waals surface area contributed by atoms with Crippen LogP contribution in [0.25, 0.3) is 22.2 Å². The van der Waals surface area contributed by atoms with Crippen molar-refractivity contribution in [3.05, 3.63) is 76.9 Å². The molecule has 4 heterocycles. The van der Waals surface area contributed by atoms with Crippen molar-refractivity contribution in [2.24, 2.45) is 5.73 Å². The molecule has 198 valence electrons. The summed E-state index contributed by atoms with van der Waals surface area (Å²) in [5.41, 5.74) is 10.2. The number of benzene rings is 2. The summed E-state index contributed by atoms with van der Waals surface area (Å²) in [5, 5.41) is 0. The number of hydrogen-bond acceptors (Lipinski definition) is 5. The topological polar surface area (TPSA) is 89.9 Å². The van der Waals surface area contributed by atoms with Crippen LogP contribution in [-0.4, -0.2) is 43.3 Å². The van der Waals surface area contributed by atoms with E-state index in [0.29, 0.717) is 17.5 Å². The number of carbonyl (C=O) groups excluding carboxylic acids is 1. The van der Waals surface area contributed by atoms with Crippen LogP contribution in [0.3, 0.4) is 0 Å². The van der Waals surface area contributed by atoms with Crippen LogP contribution in [0.4, 0.5) is 13.2 Å². The number of halogens is 3. The van der Waals surface area contributed by atoms with Gasteiger partial charge in [-0.25, -0.2) is 28.1 Å². The molecule has 0 saturated heterocycles. The molecule has 2 aliphatic heterocycles. The zero-order chi connectivity index (χ0) is 26.8. The Morgan fingerprint density at radius 2 is 1.74 bits per heavy atom. The fourth-order valence-corrected chi connectivity index (χ4v) is 6.89. The first-order valence-corrected chi connectivity index (χ1v) is 13.2. The zero-order valence-corrected chi connectivity index (χ0v) is 21.2. The van der Waals surface area contributed by atoms with Crippen LogP contribution >= 0.6 is 0 Å². The summed E-state index contributed by atoms with van der Waals surface area (Å²) < 4.78 is 44.3. The van der Waals surface area contributed by atoms with Crippen LogP contribution in [0.2, 0.25) is 0 Å². The molecule has 8 rings (SSSR count). The first-order chi connectivity index (χ1) is 18.6. The normalized spacial score (nSPS) is 24.3. The maximum absolute atomic E-state index is 15.2. The Kier molecular flexibility index (Phi) is 4.41. The van der Waals surface area contributed by atoms with Crippen molar-refractivity contribution in [3.8, 4) is 11.1 Å². The number of hydrogen-bond donors (Lipinski definition) is 1. The monoisotopic (exact) mass is 530 g/mol. The van der Waals surface area contributed by atoms with E-state index >= 15 is 4.39 Å². The molecule has 2 bridgehead atoms. The van der Waals surface area contributed by atoms with Gasteiger partial charge in [0.15, 0.2) is 0 Å². The lowest BCUT2D eigenvalue weighted by Gasteiger charge is -2.42. The molecule has 2 fully saturated rings. The quantitative estimate of drug-likeness (QED) is 0.393. The molecular formula is C29H25F3N6O. The molecule has 2 aromatic heterocycles. The van der Waals surface area contributed by atoms with Crippen molar-refractivity contribution in [2.45, 2.75) is 61.6 Å². The summed E-state index contributed by atoms with van der Waals surface area (Å²) >= 11 is 0. The van der Waals surface area contributed by atoms with E-state index in [1.807, 2.05) is 18.2 Å². The van der Waals surface area contributed by atoms with E-state index in [2.05, 4.69) is 14.5 Å². The minimum absolute atomic E-state index is 0.0995. The van der Waals surface area contributed by atoms with Gasteiger partial charge in [-0.3, -0.25) is 4.79 Å². The second-order valence-electron chi connectivity index (χ2n) is 11.6. The number of nitrogens with zero attached hydrogens (tertiary/aromatic N) is 5. The van der Waals surface area contributed by atoms with Gasteiger partial charge in [-0.05, 0) is 59.7 Å². The smallest absolute Gasteiger partial charge is 0.254 e. The molecule has 2 atom stereocenters. The molecule has 0 radical (unpaired) electrons. The first-order valence-electron chi connectivity index (χ1n) is 13.2. The van der Waals surface area contributed by atoms with Gasteiger partial charge >= 0.3 is 0 Å². The first kappa shape index (κ1) is 23.1. The maximum Gasteiger partial charge on any atom is 0.254 e. The Balaban J connectivity index is 1.25. The van der Waals surface area contributed by atoms with E-state index in [4.69, 9.17) is 10.7 Å². The number of imidazole rings is 1. The predicted octanol–water partition coefficient (Wildman–Crippen LogP) is 5.21. The fraction of sp³-hybridized carbons (Fsp3) is 0.379. The molecule has 2 aromatic carbocycles. The summed E-state index contributed by atoms with van der Waals surface area (Å²) in [7, 11) is 1.79. The third kappa shape index (κ3) is 3.21. The van der Waals surface area contributed by atoms with Gasteiger partial charge in [0.05, 0.1) is 28.7 Å². The Bertz CT molecular complexity index is 1700. The molecule has 2 aliphatic carbocycles. The lowest BCUT2D eigenvalue weighted by atomic mass is 9.73. The van der Waals surface area contributed by atoms with E-state index in [0.717, 1.165) is 46.4 Å². The fourth-order valence-electron chi connectivity index (χ4n) is 6.89. The van der Waals surface area contributed by atoms with Gasteiger partial charge in [0.1, 0.15) is 17.5 Å². The zero-order valence-electron chi connectivity index (χ0n) is 21.2. The average molecular weight is 531 g/mol. The number of carbonyl (C=O) groups is 1. The van der Waals surface area contributed by atoms with Gasteiger partial charge in [-0.15, -0.1) is 0 Å². The van der Waals surface area contributed by atoms with E-state index < -0.39 is 24.3 Å². The van der Waals surface area contributed by atoms with Crippen LogP contribution in [0.5, 0.6) is 0 Å². The van der Waals surface area contributed by atoms with E-state index in [9.17, 15) is 13.6 Å². The van der Waals surface area contributed by atoms with Gasteiger partial charge in [0.25, 0.3) is 11.8 Å². The van der Waals surface area contributed by atoms with E-state index in [1.54, 1.807) is 30.4 Å². The van der Waals surface area contributed by atoms with Gasteiger partial charge in [0, 0.05) is 49.8 Å². The minimum atomic E-state index is -2.78. The lowest BCUT2D eigenvalue weighted by Crippen LogP contribution is -2.56. The molecule has 39 heavy (non-hydrogen) atoms. The van der Waals surface area contributed by atoms with E-state index in [-0.39, 0.29) is 35.6 Å². The molecule has 0 spiro atoms. The Morgan fingerprint density at radius 3 is 2.44 bits per heavy atom. The van der Waals surface area contributed by atoms with Gasteiger partial charge in [0.2, 0.25) is 0 Å². The Labute approximate surface area is 221 Å². The van der Waals surface area contributed by atoms with Crippen molar-refractivity contribution in [1.82, 2.24) is 24.4 Å². The number of fused-ring (bicyclic) bond motifs is 9. The third-order valence-electron chi connectivity index (χ3n) is 8.92. The highest BCUT2D eigenvalue weighted by Crippen LogP contribution is 2.53. The number of rotatable bonds is 3. The van der Waals surface area contributed by atoms with Crippen molar-refractivity contribution in [1.29, 1.82) is 0 Å². The number of amides is 1. The second kappa shape index (κ2) is 7.44. The SMILES string of the molecule is CN1C(=O)c2ccc(F)c(C3CC3)c2[C@H]2C[C@@H]1c1nc3ccc(-c4cnc(C5(N)CC(F)(F)C5)nc4)cc3n12. The third-order valence-corrected chi connectivity index (χ3v) is 8.92. The number of aromatic nitrogens is 4. The summed E-state index contributed by atoms with van der Waals surface area (Å²) in [6, 6.07) is 8.48. The number of alkyl halides is 2. The lowest BCUT2D eigenvalue weighted by molar-refractivity contribution is -0.127. The molecule has 0 unspecified atom stereocenters. The highest BCUT2D eigenvalue weighted by atomic mass is 19.3. The molecule has 2 N–H and O–H groups in total. The van der Waals surface area contributed by atoms with Crippen molar-refractivity contribution in [3.63, 3.8) is 0 Å². The average Bonchev–Trinajstić information content (AvgIpc) is 3.59. The summed E-state index contributed by atoms with van der Waals surface area (Å²) in [6.45, 7) is 0. The van der Waals surface area contributed by atoms with E-state index in [1.165, 1.54) is 6.07 Å². The minimum Gasteiger partial charge on any atom is -0.331 e. The van der Waals surface area contributed by atoms with Crippen LogP contribution in [-0.2, 0) is 5.54 Å². The van der Waals surface area contributed by atoms with Gasteiger partial charge in [-0.2, -0.15) is 0 Å². The summed E-state index contributed by atoms with van der Waals surface area (Å²) in [5.74, 6) is -1.97. The standard InChI is InChI=1S/C29H25F3N6O/c1-37-22-9-21(24-17(26(37)39)5-6-18(30)23(24)14-2-3-14)38-20-8-15(4-7-19(20)36-25(22)38)16-10-34-27(35-11-16)28(33)12-29(31,32)13-28/h4-8,10-11,14,21-22H,2-3,9,12-13,33H2,1H3/t21-,22-/m1/s1.